The first kappa shape index (κ1) is 13.6. The molecule has 0 fully saturated rings. The number of benzene rings is 2. The van der Waals surface area contributed by atoms with Gasteiger partial charge in [-0.25, -0.2) is 0 Å². The van der Waals surface area contributed by atoms with Crippen LogP contribution < -0.4 is 0 Å². The lowest BCUT2D eigenvalue weighted by atomic mass is 10.3. The molecule has 0 N–H and O–H groups in total. The van der Waals surface area contributed by atoms with Gasteiger partial charge in [0.15, 0.2) is 0 Å². The third-order valence-electron chi connectivity index (χ3n) is 2.11. The number of halogens is 4. The number of nitrogens with zero attached hydrogens (tertiary/aromatic N) is 2. The predicted octanol–water partition coefficient (Wildman–Crippen LogP) is 6.72. The van der Waals surface area contributed by atoms with Gasteiger partial charge in [-0.05, 0) is 30.3 Å². The molecule has 0 spiro atoms. The molecule has 0 aromatic heterocycles. The number of rotatable bonds is 2. The minimum atomic E-state index is 0.355. The smallest absolute Gasteiger partial charge is 0.106 e. The standard InChI is InChI=1S/C12H6Cl4N2/c13-7-4-5-10(9(15)6-7)17-18-11-3-1-2-8(14)12(11)16/h1-6H. The fraction of sp³-hybridized carbons (Fsp3) is 0. The fourth-order valence-corrected chi connectivity index (χ4v) is 2.02. The average molecular weight is 320 g/mol. The summed E-state index contributed by atoms with van der Waals surface area (Å²) in [6, 6.07) is 10.1. The first-order valence-corrected chi connectivity index (χ1v) is 6.40. The average Bonchev–Trinajstić information content (AvgIpc) is 2.33. The van der Waals surface area contributed by atoms with Crippen molar-refractivity contribution in [2.24, 2.45) is 10.2 Å². The number of hydrogen-bond donors (Lipinski definition) is 0. The van der Waals surface area contributed by atoms with E-state index in [0.29, 0.717) is 31.5 Å². The Morgan fingerprint density at radius 2 is 1.44 bits per heavy atom. The largest absolute Gasteiger partial charge is 0.149 e. The zero-order valence-electron chi connectivity index (χ0n) is 8.87. The van der Waals surface area contributed by atoms with Crippen molar-refractivity contribution in [1.29, 1.82) is 0 Å². The van der Waals surface area contributed by atoms with Gasteiger partial charge in [-0.3, -0.25) is 0 Å². The highest BCUT2D eigenvalue weighted by Crippen LogP contribution is 2.34. The predicted molar refractivity (Wildman–Crippen MR) is 77.1 cm³/mol. The molecule has 0 radical (unpaired) electrons. The lowest BCUT2D eigenvalue weighted by Crippen LogP contribution is -1.71. The molecule has 2 aromatic rings. The Morgan fingerprint density at radius 1 is 0.722 bits per heavy atom. The summed E-state index contributed by atoms with van der Waals surface area (Å²) in [7, 11) is 0. The quantitative estimate of drug-likeness (QED) is 0.549. The SMILES string of the molecule is Clc1ccc(N=Nc2cccc(Cl)c2Cl)c(Cl)c1. The summed E-state index contributed by atoms with van der Waals surface area (Å²) >= 11 is 23.6. The van der Waals surface area contributed by atoms with Crippen LogP contribution in [0.1, 0.15) is 0 Å². The molecule has 92 valence electrons. The van der Waals surface area contributed by atoms with Gasteiger partial charge in [0, 0.05) is 5.02 Å². The van der Waals surface area contributed by atoms with Crippen LogP contribution in [0.15, 0.2) is 46.6 Å². The van der Waals surface area contributed by atoms with Gasteiger partial charge >= 0.3 is 0 Å². The Hall–Kier alpha value is -0.800. The van der Waals surface area contributed by atoms with Crippen molar-refractivity contribution in [1.82, 2.24) is 0 Å². The van der Waals surface area contributed by atoms with Crippen molar-refractivity contribution in [2.75, 3.05) is 0 Å². The summed E-state index contributed by atoms with van der Waals surface area (Å²) in [4.78, 5) is 0. The molecule has 0 unspecified atom stereocenters. The molecule has 2 nitrogen and oxygen atoms in total. The lowest BCUT2D eigenvalue weighted by Gasteiger charge is -2.00. The Kier molecular flexibility index (Phi) is 4.46. The maximum atomic E-state index is 5.98. The highest BCUT2D eigenvalue weighted by atomic mass is 35.5. The van der Waals surface area contributed by atoms with Crippen LogP contribution in [0.2, 0.25) is 20.1 Å². The molecule has 0 atom stereocenters. The lowest BCUT2D eigenvalue weighted by molar-refractivity contribution is 1.23. The maximum absolute atomic E-state index is 5.98. The molecule has 18 heavy (non-hydrogen) atoms. The van der Waals surface area contributed by atoms with Crippen molar-refractivity contribution < 1.29 is 0 Å². The van der Waals surface area contributed by atoms with Crippen LogP contribution in [-0.2, 0) is 0 Å². The van der Waals surface area contributed by atoms with Gasteiger partial charge in [0.1, 0.15) is 11.4 Å². The van der Waals surface area contributed by atoms with E-state index in [4.69, 9.17) is 46.4 Å². The van der Waals surface area contributed by atoms with Crippen LogP contribution in [0.5, 0.6) is 0 Å². The van der Waals surface area contributed by atoms with Crippen molar-refractivity contribution >= 4 is 57.8 Å². The normalized spacial score (nSPS) is 11.1. The molecule has 0 aliphatic carbocycles. The van der Waals surface area contributed by atoms with Gasteiger partial charge in [-0.2, -0.15) is 0 Å². The van der Waals surface area contributed by atoms with E-state index >= 15 is 0 Å². The molecule has 0 bridgehead atoms. The molecule has 0 heterocycles. The monoisotopic (exact) mass is 318 g/mol. The molecule has 2 rings (SSSR count). The summed E-state index contributed by atoms with van der Waals surface area (Å²) in [6.45, 7) is 0. The van der Waals surface area contributed by atoms with E-state index in [0.717, 1.165) is 0 Å². The Balaban J connectivity index is 2.33. The molecule has 0 aliphatic rings. The molecule has 0 aliphatic heterocycles. The van der Waals surface area contributed by atoms with Crippen LogP contribution in [0.4, 0.5) is 11.4 Å². The van der Waals surface area contributed by atoms with E-state index in [9.17, 15) is 0 Å². The van der Waals surface area contributed by atoms with E-state index in [1.807, 2.05) is 0 Å². The van der Waals surface area contributed by atoms with Crippen LogP contribution in [0.3, 0.4) is 0 Å². The minimum absolute atomic E-state index is 0.355. The van der Waals surface area contributed by atoms with Crippen molar-refractivity contribution in [2.45, 2.75) is 0 Å². The maximum Gasteiger partial charge on any atom is 0.106 e. The highest BCUT2D eigenvalue weighted by molar-refractivity contribution is 6.43. The Labute approximate surface area is 124 Å². The van der Waals surface area contributed by atoms with E-state index in [2.05, 4.69) is 10.2 Å². The minimum Gasteiger partial charge on any atom is -0.149 e. The fourth-order valence-electron chi connectivity index (χ4n) is 1.24. The second-order valence-corrected chi connectivity index (χ2v) is 5.00. The second kappa shape index (κ2) is 5.89. The molecular weight excluding hydrogens is 314 g/mol. The molecule has 0 amide bonds. The molecule has 0 saturated carbocycles. The van der Waals surface area contributed by atoms with Gasteiger partial charge in [-0.1, -0.05) is 52.5 Å². The van der Waals surface area contributed by atoms with Gasteiger partial charge in [-0.15, -0.1) is 10.2 Å². The molecule has 6 heteroatoms. The van der Waals surface area contributed by atoms with Gasteiger partial charge < -0.3 is 0 Å². The first-order valence-electron chi connectivity index (χ1n) is 4.89. The zero-order chi connectivity index (χ0) is 13.1. The molecule has 2 aromatic carbocycles. The van der Waals surface area contributed by atoms with Crippen molar-refractivity contribution in [3.8, 4) is 0 Å². The molecule has 0 saturated heterocycles. The molecular formula is C12H6Cl4N2. The van der Waals surface area contributed by atoms with Gasteiger partial charge in [0.2, 0.25) is 0 Å². The van der Waals surface area contributed by atoms with E-state index < -0.39 is 0 Å². The third kappa shape index (κ3) is 3.15. The summed E-state index contributed by atoms with van der Waals surface area (Å²) in [6.07, 6.45) is 0. The van der Waals surface area contributed by atoms with Crippen LogP contribution in [0, 0.1) is 0 Å². The first-order chi connectivity index (χ1) is 8.58. The van der Waals surface area contributed by atoms with Crippen LogP contribution in [-0.4, -0.2) is 0 Å². The Bertz CT molecular complexity index is 611. The summed E-state index contributed by atoms with van der Waals surface area (Å²) < 4.78 is 0. The Morgan fingerprint density at radius 3 is 2.17 bits per heavy atom. The van der Waals surface area contributed by atoms with Crippen molar-refractivity contribution in [3.63, 3.8) is 0 Å². The second-order valence-electron chi connectivity index (χ2n) is 3.37. The third-order valence-corrected chi connectivity index (χ3v) is 3.45. The number of azo groups is 1. The van der Waals surface area contributed by atoms with E-state index in [1.165, 1.54) is 0 Å². The summed E-state index contributed by atoms with van der Waals surface area (Å²) in [5.74, 6) is 0. The summed E-state index contributed by atoms with van der Waals surface area (Å²) in [5, 5.41) is 9.76. The summed E-state index contributed by atoms with van der Waals surface area (Å²) in [5.41, 5.74) is 0.993. The highest BCUT2D eigenvalue weighted by Gasteiger charge is 2.04. The zero-order valence-corrected chi connectivity index (χ0v) is 11.9. The van der Waals surface area contributed by atoms with Crippen LogP contribution >= 0.6 is 46.4 Å². The van der Waals surface area contributed by atoms with Gasteiger partial charge in [0.25, 0.3) is 0 Å². The van der Waals surface area contributed by atoms with Gasteiger partial charge in [0.05, 0.1) is 15.1 Å². The van der Waals surface area contributed by atoms with Crippen molar-refractivity contribution in [3.05, 3.63) is 56.5 Å². The van der Waals surface area contributed by atoms with E-state index in [-0.39, 0.29) is 0 Å². The topological polar surface area (TPSA) is 24.7 Å². The van der Waals surface area contributed by atoms with E-state index in [1.54, 1.807) is 36.4 Å². The van der Waals surface area contributed by atoms with Crippen LogP contribution in [0.25, 0.3) is 0 Å². The number of hydrogen-bond acceptors (Lipinski definition) is 2.